The fourth-order valence-corrected chi connectivity index (χ4v) is 2.70. The van der Waals surface area contributed by atoms with E-state index in [1.807, 2.05) is 0 Å². The van der Waals surface area contributed by atoms with Crippen LogP contribution in [0.15, 0.2) is 0 Å². The van der Waals surface area contributed by atoms with Gasteiger partial charge in [0.2, 0.25) is 5.91 Å². The van der Waals surface area contributed by atoms with Gasteiger partial charge in [-0.15, -0.1) is 0 Å². The van der Waals surface area contributed by atoms with Gasteiger partial charge in [0.25, 0.3) is 0 Å². The minimum Gasteiger partial charge on any atom is -0.341 e. The van der Waals surface area contributed by atoms with E-state index in [4.69, 9.17) is 0 Å². The number of carbonyl (C=O) groups is 1. The van der Waals surface area contributed by atoms with Crippen LogP contribution in [0, 0.1) is 0 Å². The monoisotopic (exact) mass is 269 g/mol. The highest BCUT2D eigenvalue weighted by atomic mass is 16.2. The Morgan fingerprint density at radius 1 is 1.32 bits per heavy atom. The van der Waals surface area contributed by atoms with Crippen molar-refractivity contribution in [3.63, 3.8) is 0 Å². The van der Waals surface area contributed by atoms with E-state index in [1.165, 1.54) is 0 Å². The van der Waals surface area contributed by atoms with Crippen molar-refractivity contribution < 1.29 is 4.79 Å². The van der Waals surface area contributed by atoms with Crippen molar-refractivity contribution >= 4 is 5.91 Å². The number of hydrogen-bond donors (Lipinski definition) is 1. The summed E-state index contributed by atoms with van der Waals surface area (Å²) in [6, 6.07) is 0.0714. The topological polar surface area (TPSA) is 35.6 Å². The average molecular weight is 269 g/mol. The maximum atomic E-state index is 12.3. The Labute approximate surface area is 118 Å². The van der Waals surface area contributed by atoms with Crippen LogP contribution in [0.2, 0.25) is 0 Å². The summed E-state index contributed by atoms with van der Waals surface area (Å²) < 4.78 is 0. The minimum atomic E-state index is 0.0714. The van der Waals surface area contributed by atoms with E-state index in [2.05, 4.69) is 35.9 Å². The van der Waals surface area contributed by atoms with E-state index in [-0.39, 0.29) is 6.04 Å². The second-order valence-corrected chi connectivity index (χ2v) is 5.35. The lowest BCUT2D eigenvalue weighted by Gasteiger charge is -2.33. The number of nitrogens with one attached hydrogen (secondary N) is 1. The van der Waals surface area contributed by atoms with E-state index < -0.39 is 0 Å². The number of hydrogen-bond acceptors (Lipinski definition) is 3. The zero-order valence-corrected chi connectivity index (χ0v) is 13.0. The van der Waals surface area contributed by atoms with Crippen LogP contribution in [0.25, 0.3) is 0 Å². The van der Waals surface area contributed by atoms with E-state index in [9.17, 15) is 4.79 Å². The molecule has 4 heteroatoms. The lowest BCUT2D eigenvalue weighted by molar-refractivity contribution is -0.136. The van der Waals surface area contributed by atoms with Crippen molar-refractivity contribution in [3.05, 3.63) is 0 Å². The van der Waals surface area contributed by atoms with E-state index in [1.54, 1.807) is 0 Å². The summed E-state index contributed by atoms with van der Waals surface area (Å²) in [5.74, 6) is 0.319. The predicted molar refractivity (Wildman–Crippen MR) is 80.3 cm³/mol. The summed E-state index contributed by atoms with van der Waals surface area (Å²) in [5, 5.41) is 3.37. The maximum absolute atomic E-state index is 12.3. The van der Waals surface area contributed by atoms with Crippen molar-refractivity contribution in [2.45, 2.75) is 52.5 Å². The normalized spacial score (nSPS) is 20.3. The molecule has 1 N–H and O–H groups in total. The molecule has 0 aromatic rings. The quantitative estimate of drug-likeness (QED) is 0.692. The molecule has 1 unspecified atom stereocenters. The van der Waals surface area contributed by atoms with Crippen LogP contribution < -0.4 is 5.32 Å². The van der Waals surface area contributed by atoms with Crippen molar-refractivity contribution in [1.82, 2.24) is 15.1 Å². The summed E-state index contributed by atoms with van der Waals surface area (Å²) in [5.41, 5.74) is 0. The third-order valence-electron chi connectivity index (χ3n) is 3.97. The number of amides is 1. The zero-order valence-electron chi connectivity index (χ0n) is 13.0. The van der Waals surface area contributed by atoms with Crippen molar-refractivity contribution in [1.29, 1.82) is 0 Å². The Morgan fingerprint density at radius 3 is 2.68 bits per heavy atom. The summed E-state index contributed by atoms with van der Waals surface area (Å²) in [6.07, 6.45) is 4.32. The van der Waals surface area contributed by atoms with Crippen molar-refractivity contribution in [2.24, 2.45) is 0 Å². The number of piperidine rings is 1. The standard InChI is InChI=1S/C15H31N3O/c1-4-10-16-14-9-7-12-18(15(14)19)13-8-11-17(5-2)6-3/h14,16H,4-13H2,1-3H3. The smallest absolute Gasteiger partial charge is 0.239 e. The Hall–Kier alpha value is -0.610. The van der Waals surface area contributed by atoms with E-state index in [0.29, 0.717) is 5.91 Å². The summed E-state index contributed by atoms with van der Waals surface area (Å²) >= 11 is 0. The molecule has 1 heterocycles. The number of rotatable bonds is 9. The predicted octanol–water partition coefficient (Wildman–Crippen LogP) is 1.71. The van der Waals surface area contributed by atoms with Crippen molar-refractivity contribution in [2.75, 3.05) is 39.3 Å². The maximum Gasteiger partial charge on any atom is 0.239 e. The molecule has 1 aliphatic rings. The van der Waals surface area contributed by atoms with Crippen LogP contribution in [0.4, 0.5) is 0 Å². The van der Waals surface area contributed by atoms with Crippen LogP contribution in [-0.4, -0.2) is 61.0 Å². The molecule has 0 saturated carbocycles. The van der Waals surface area contributed by atoms with Crippen LogP contribution >= 0.6 is 0 Å². The molecule has 1 amide bonds. The molecule has 112 valence electrons. The SMILES string of the molecule is CCCNC1CCCN(CCCN(CC)CC)C1=O. The number of likely N-dealkylation sites (tertiary alicyclic amines) is 1. The van der Waals surface area contributed by atoms with Gasteiger partial charge < -0.3 is 15.1 Å². The molecule has 1 atom stereocenters. The third kappa shape index (κ3) is 5.49. The summed E-state index contributed by atoms with van der Waals surface area (Å²) in [7, 11) is 0. The lowest BCUT2D eigenvalue weighted by atomic mass is 10.0. The van der Waals surface area contributed by atoms with Gasteiger partial charge in [0, 0.05) is 13.1 Å². The van der Waals surface area contributed by atoms with Gasteiger partial charge >= 0.3 is 0 Å². The molecule has 0 radical (unpaired) electrons. The molecule has 0 aromatic heterocycles. The molecule has 0 bridgehead atoms. The molecule has 19 heavy (non-hydrogen) atoms. The van der Waals surface area contributed by atoms with Crippen LogP contribution in [0.1, 0.15) is 46.5 Å². The molecular weight excluding hydrogens is 238 g/mol. The highest BCUT2D eigenvalue weighted by Crippen LogP contribution is 2.12. The van der Waals surface area contributed by atoms with Gasteiger partial charge in [-0.3, -0.25) is 4.79 Å². The van der Waals surface area contributed by atoms with Gasteiger partial charge in [0.1, 0.15) is 0 Å². The van der Waals surface area contributed by atoms with Crippen LogP contribution in [0.5, 0.6) is 0 Å². The zero-order chi connectivity index (χ0) is 14.1. The first-order chi connectivity index (χ1) is 9.22. The molecule has 1 aliphatic heterocycles. The second kappa shape index (κ2) is 9.32. The molecule has 1 fully saturated rings. The Kier molecular flexibility index (Phi) is 8.07. The average Bonchev–Trinajstić information content (AvgIpc) is 2.44. The Balaban J connectivity index is 2.30. The fraction of sp³-hybridized carbons (Fsp3) is 0.933. The highest BCUT2D eigenvalue weighted by Gasteiger charge is 2.27. The van der Waals surface area contributed by atoms with E-state index >= 15 is 0 Å². The molecule has 1 saturated heterocycles. The second-order valence-electron chi connectivity index (χ2n) is 5.35. The van der Waals surface area contributed by atoms with Gasteiger partial charge in [-0.25, -0.2) is 0 Å². The van der Waals surface area contributed by atoms with Gasteiger partial charge in [0.05, 0.1) is 6.04 Å². The molecular formula is C15H31N3O. The van der Waals surface area contributed by atoms with Gasteiger partial charge in [-0.05, 0) is 51.9 Å². The van der Waals surface area contributed by atoms with Crippen LogP contribution in [-0.2, 0) is 4.79 Å². The number of carbonyl (C=O) groups excluding carboxylic acids is 1. The first-order valence-electron chi connectivity index (χ1n) is 7.97. The molecule has 0 spiro atoms. The molecule has 1 rings (SSSR count). The van der Waals surface area contributed by atoms with Gasteiger partial charge in [0.15, 0.2) is 0 Å². The first kappa shape index (κ1) is 16.4. The fourth-order valence-electron chi connectivity index (χ4n) is 2.70. The van der Waals surface area contributed by atoms with Gasteiger partial charge in [-0.2, -0.15) is 0 Å². The summed E-state index contributed by atoms with van der Waals surface area (Å²) in [4.78, 5) is 16.8. The van der Waals surface area contributed by atoms with Gasteiger partial charge in [-0.1, -0.05) is 20.8 Å². The van der Waals surface area contributed by atoms with Crippen LogP contribution in [0.3, 0.4) is 0 Å². The van der Waals surface area contributed by atoms with Crippen molar-refractivity contribution in [3.8, 4) is 0 Å². The number of nitrogens with zero attached hydrogens (tertiary/aromatic N) is 2. The minimum absolute atomic E-state index is 0.0714. The largest absolute Gasteiger partial charge is 0.341 e. The Bertz CT molecular complexity index is 254. The highest BCUT2D eigenvalue weighted by molar-refractivity contribution is 5.82. The molecule has 0 aliphatic carbocycles. The Morgan fingerprint density at radius 2 is 2.05 bits per heavy atom. The molecule has 0 aromatic carbocycles. The summed E-state index contributed by atoms with van der Waals surface area (Å²) in [6.45, 7) is 12.6. The lowest BCUT2D eigenvalue weighted by Crippen LogP contribution is -2.51. The first-order valence-corrected chi connectivity index (χ1v) is 7.97. The third-order valence-corrected chi connectivity index (χ3v) is 3.97. The van der Waals surface area contributed by atoms with E-state index in [0.717, 1.165) is 65.0 Å². The molecule has 4 nitrogen and oxygen atoms in total.